The van der Waals surface area contributed by atoms with Gasteiger partial charge in [0.05, 0.1) is 15.9 Å². The van der Waals surface area contributed by atoms with E-state index in [4.69, 9.17) is 18.0 Å². The molecule has 5 nitrogen and oxygen atoms in total. The van der Waals surface area contributed by atoms with E-state index in [1.54, 1.807) is 6.92 Å². The lowest BCUT2D eigenvalue weighted by molar-refractivity contribution is 0.0949. The first-order valence-corrected chi connectivity index (χ1v) is 7.42. The summed E-state index contributed by atoms with van der Waals surface area (Å²) in [6, 6.07) is 5.24. The van der Waals surface area contributed by atoms with Crippen LogP contribution in [0.15, 0.2) is 29.2 Å². The molecule has 1 amide bonds. The van der Waals surface area contributed by atoms with Crippen molar-refractivity contribution in [3.8, 4) is 0 Å². The minimum Gasteiger partial charge on any atom is -0.392 e. The zero-order chi connectivity index (χ0) is 13.9. The van der Waals surface area contributed by atoms with Crippen molar-refractivity contribution in [3.63, 3.8) is 0 Å². The molecule has 18 heavy (non-hydrogen) atoms. The third-order valence-electron chi connectivity index (χ3n) is 2.32. The predicted octanol–water partition coefficient (Wildman–Crippen LogP) is 0.495. The number of sulfone groups is 1. The first-order chi connectivity index (χ1) is 8.21. The van der Waals surface area contributed by atoms with E-state index in [-0.39, 0.29) is 15.8 Å². The van der Waals surface area contributed by atoms with Crippen LogP contribution in [0.4, 0.5) is 0 Å². The summed E-state index contributed by atoms with van der Waals surface area (Å²) in [4.78, 5) is 12.1. The van der Waals surface area contributed by atoms with Crippen molar-refractivity contribution in [3.05, 3.63) is 29.8 Å². The van der Waals surface area contributed by atoms with Gasteiger partial charge >= 0.3 is 0 Å². The van der Waals surface area contributed by atoms with Gasteiger partial charge in [0.15, 0.2) is 9.84 Å². The van der Waals surface area contributed by atoms with Gasteiger partial charge in [-0.05, 0) is 31.2 Å². The van der Waals surface area contributed by atoms with Crippen LogP contribution in [0.5, 0.6) is 0 Å². The standard InChI is InChI=1S/C11H14N2O3S2/c1-7(10(12)17)13-11(14)8-3-5-9(6-4-8)18(2,15)16/h3-7H,1-2H3,(H2,12,17)(H,13,14). The van der Waals surface area contributed by atoms with E-state index in [0.29, 0.717) is 5.56 Å². The quantitative estimate of drug-likeness (QED) is 0.787. The van der Waals surface area contributed by atoms with Gasteiger partial charge in [0.25, 0.3) is 5.91 Å². The zero-order valence-electron chi connectivity index (χ0n) is 10.0. The van der Waals surface area contributed by atoms with Gasteiger partial charge in [0.1, 0.15) is 0 Å². The normalized spacial score (nSPS) is 12.8. The van der Waals surface area contributed by atoms with Crippen molar-refractivity contribution in [2.75, 3.05) is 6.26 Å². The van der Waals surface area contributed by atoms with Crippen molar-refractivity contribution in [1.29, 1.82) is 0 Å². The molecule has 0 spiro atoms. The summed E-state index contributed by atoms with van der Waals surface area (Å²) >= 11 is 4.74. The van der Waals surface area contributed by atoms with E-state index in [0.717, 1.165) is 6.26 Å². The highest BCUT2D eigenvalue weighted by Crippen LogP contribution is 2.10. The Hall–Kier alpha value is -1.47. The van der Waals surface area contributed by atoms with Crippen molar-refractivity contribution >= 4 is 33.0 Å². The summed E-state index contributed by atoms with van der Waals surface area (Å²) in [6.07, 6.45) is 1.11. The van der Waals surface area contributed by atoms with Gasteiger partial charge < -0.3 is 11.1 Å². The van der Waals surface area contributed by atoms with Gasteiger partial charge in [-0.3, -0.25) is 4.79 Å². The fraction of sp³-hybridized carbons (Fsp3) is 0.273. The molecule has 0 aliphatic carbocycles. The molecule has 1 atom stereocenters. The number of carbonyl (C=O) groups is 1. The Bertz CT molecular complexity index is 564. The van der Waals surface area contributed by atoms with Crippen molar-refractivity contribution in [2.24, 2.45) is 5.73 Å². The number of amides is 1. The second-order valence-electron chi connectivity index (χ2n) is 3.89. The molecule has 0 saturated carbocycles. The van der Waals surface area contributed by atoms with Gasteiger partial charge in [-0.15, -0.1) is 0 Å². The molecule has 3 N–H and O–H groups in total. The molecule has 0 radical (unpaired) electrons. The summed E-state index contributed by atoms with van der Waals surface area (Å²) in [6.45, 7) is 1.67. The van der Waals surface area contributed by atoms with Crippen molar-refractivity contribution in [2.45, 2.75) is 17.9 Å². The van der Waals surface area contributed by atoms with Crippen LogP contribution in [-0.4, -0.2) is 31.6 Å². The van der Waals surface area contributed by atoms with Gasteiger partial charge in [-0.2, -0.15) is 0 Å². The largest absolute Gasteiger partial charge is 0.392 e. The lowest BCUT2D eigenvalue weighted by Crippen LogP contribution is -2.41. The van der Waals surface area contributed by atoms with Crippen LogP contribution in [0, 0.1) is 0 Å². The molecule has 0 fully saturated rings. The highest BCUT2D eigenvalue weighted by atomic mass is 32.2. The molecule has 7 heteroatoms. The number of rotatable bonds is 4. The topological polar surface area (TPSA) is 89.3 Å². The number of benzene rings is 1. The SMILES string of the molecule is CC(NC(=O)c1ccc(S(C)(=O)=O)cc1)C(N)=S. The third kappa shape index (κ3) is 3.78. The first kappa shape index (κ1) is 14.6. The van der Waals surface area contributed by atoms with Crippen LogP contribution < -0.4 is 11.1 Å². The molecular weight excluding hydrogens is 272 g/mol. The minimum absolute atomic E-state index is 0.168. The van der Waals surface area contributed by atoms with E-state index in [9.17, 15) is 13.2 Å². The number of hydrogen-bond donors (Lipinski definition) is 2. The number of carbonyl (C=O) groups excluding carboxylic acids is 1. The molecule has 1 aromatic carbocycles. The van der Waals surface area contributed by atoms with Crippen LogP contribution in [0.1, 0.15) is 17.3 Å². The average molecular weight is 286 g/mol. The highest BCUT2D eigenvalue weighted by Gasteiger charge is 2.13. The maximum Gasteiger partial charge on any atom is 0.251 e. The average Bonchev–Trinajstić information content (AvgIpc) is 2.27. The monoisotopic (exact) mass is 286 g/mol. The Morgan fingerprint density at radius 3 is 2.22 bits per heavy atom. The smallest absolute Gasteiger partial charge is 0.251 e. The Morgan fingerprint density at radius 1 is 1.33 bits per heavy atom. The summed E-state index contributed by atoms with van der Waals surface area (Å²) in [5.41, 5.74) is 5.73. The molecule has 0 heterocycles. The minimum atomic E-state index is -3.25. The molecule has 1 unspecified atom stereocenters. The molecule has 1 aromatic rings. The van der Waals surface area contributed by atoms with E-state index >= 15 is 0 Å². The summed E-state index contributed by atoms with van der Waals surface area (Å²) in [5.74, 6) is -0.352. The van der Waals surface area contributed by atoms with Crippen molar-refractivity contribution < 1.29 is 13.2 Å². The number of nitrogens with two attached hydrogens (primary N) is 1. The summed E-state index contributed by atoms with van der Waals surface area (Å²) in [7, 11) is -3.25. The second kappa shape index (κ2) is 5.45. The summed E-state index contributed by atoms with van der Waals surface area (Å²) < 4.78 is 22.5. The molecule has 0 saturated heterocycles. The highest BCUT2D eigenvalue weighted by molar-refractivity contribution is 7.90. The third-order valence-corrected chi connectivity index (χ3v) is 3.80. The molecule has 98 valence electrons. The van der Waals surface area contributed by atoms with E-state index in [1.807, 2.05) is 0 Å². The first-order valence-electron chi connectivity index (χ1n) is 5.12. The maximum absolute atomic E-state index is 11.7. The molecule has 0 bridgehead atoms. The molecular formula is C11H14N2O3S2. The number of hydrogen-bond acceptors (Lipinski definition) is 4. The van der Waals surface area contributed by atoms with Crippen LogP contribution >= 0.6 is 12.2 Å². The fourth-order valence-corrected chi connectivity index (χ4v) is 1.89. The Balaban J connectivity index is 2.86. The van der Waals surface area contributed by atoms with E-state index < -0.39 is 15.9 Å². The Labute approximate surface area is 111 Å². The van der Waals surface area contributed by atoms with Crippen molar-refractivity contribution in [1.82, 2.24) is 5.32 Å². The zero-order valence-corrected chi connectivity index (χ0v) is 11.6. The van der Waals surface area contributed by atoms with Crippen LogP contribution in [-0.2, 0) is 9.84 Å². The molecule has 0 aliphatic rings. The molecule has 0 aromatic heterocycles. The van der Waals surface area contributed by atoms with E-state index in [2.05, 4.69) is 5.32 Å². The summed E-state index contributed by atoms with van der Waals surface area (Å²) in [5, 5.41) is 2.60. The lowest BCUT2D eigenvalue weighted by Gasteiger charge is -2.12. The Morgan fingerprint density at radius 2 is 1.83 bits per heavy atom. The van der Waals surface area contributed by atoms with Gasteiger partial charge in [0, 0.05) is 11.8 Å². The van der Waals surface area contributed by atoms with Gasteiger partial charge in [0.2, 0.25) is 0 Å². The van der Waals surface area contributed by atoms with Crippen LogP contribution in [0.25, 0.3) is 0 Å². The van der Waals surface area contributed by atoms with Gasteiger partial charge in [-0.25, -0.2) is 8.42 Å². The molecule has 0 aliphatic heterocycles. The number of thiocarbonyl (C=S) groups is 1. The van der Waals surface area contributed by atoms with E-state index in [1.165, 1.54) is 24.3 Å². The van der Waals surface area contributed by atoms with Crippen LogP contribution in [0.3, 0.4) is 0 Å². The number of nitrogens with one attached hydrogen (secondary N) is 1. The maximum atomic E-state index is 11.7. The predicted molar refractivity (Wildman–Crippen MR) is 73.3 cm³/mol. The Kier molecular flexibility index (Phi) is 4.42. The van der Waals surface area contributed by atoms with Gasteiger partial charge in [-0.1, -0.05) is 12.2 Å². The lowest BCUT2D eigenvalue weighted by atomic mass is 10.2. The fourth-order valence-electron chi connectivity index (χ4n) is 1.20. The second-order valence-corrected chi connectivity index (χ2v) is 6.38. The molecule has 1 rings (SSSR count). The van der Waals surface area contributed by atoms with Crippen LogP contribution in [0.2, 0.25) is 0 Å².